The molecule has 3 aromatic rings. The Morgan fingerprint density at radius 1 is 0.957 bits per heavy atom. The highest BCUT2D eigenvalue weighted by atomic mass is 35.5. The molecule has 0 radical (unpaired) electrons. The molecule has 1 aromatic heterocycles. The summed E-state index contributed by atoms with van der Waals surface area (Å²) in [5, 5.41) is 13.3. The van der Waals surface area contributed by atoms with Gasteiger partial charge in [-0.15, -0.1) is 10.2 Å². The van der Waals surface area contributed by atoms with Crippen LogP contribution in [0.25, 0.3) is 10.6 Å². The first-order valence-corrected chi connectivity index (χ1v) is 8.34. The second-order valence-corrected chi connectivity index (χ2v) is 6.76. The number of carbonyl (C=O) groups excluding carboxylic acids is 1. The Bertz CT molecular complexity index is 865. The van der Waals surface area contributed by atoms with Crippen molar-refractivity contribution in [3.8, 4) is 10.6 Å². The molecule has 0 saturated heterocycles. The van der Waals surface area contributed by atoms with Gasteiger partial charge in [0.1, 0.15) is 0 Å². The molecule has 3 rings (SSSR count). The van der Waals surface area contributed by atoms with Crippen LogP contribution in [-0.4, -0.2) is 16.1 Å². The normalized spacial score (nSPS) is 10.6. The zero-order valence-corrected chi connectivity index (χ0v) is 14.5. The highest BCUT2D eigenvalue weighted by Crippen LogP contribution is 2.33. The average molecular weight is 385 g/mol. The van der Waals surface area contributed by atoms with Gasteiger partial charge in [-0.3, -0.25) is 10.1 Å². The molecule has 0 fully saturated rings. The second kappa shape index (κ2) is 6.84. The Hall–Kier alpha value is -1.66. The van der Waals surface area contributed by atoms with Gasteiger partial charge in [-0.2, -0.15) is 0 Å². The molecule has 0 aliphatic heterocycles. The first kappa shape index (κ1) is 16.2. The number of nitrogens with zero attached hydrogens (tertiary/aromatic N) is 2. The maximum Gasteiger partial charge on any atom is 0.257 e. The summed E-state index contributed by atoms with van der Waals surface area (Å²) in [7, 11) is 0. The largest absolute Gasteiger partial charge is 0.296 e. The number of amides is 1. The van der Waals surface area contributed by atoms with Gasteiger partial charge >= 0.3 is 0 Å². The molecule has 23 heavy (non-hydrogen) atoms. The van der Waals surface area contributed by atoms with Gasteiger partial charge in [-0.25, -0.2) is 0 Å². The zero-order valence-electron chi connectivity index (χ0n) is 11.4. The van der Waals surface area contributed by atoms with E-state index in [-0.39, 0.29) is 5.91 Å². The molecule has 4 nitrogen and oxygen atoms in total. The topological polar surface area (TPSA) is 54.9 Å². The lowest BCUT2D eigenvalue weighted by Gasteiger charge is -2.01. The van der Waals surface area contributed by atoms with Crippen molar-refractivity contribution in [3.05, 3.63) is 63.1 Å². The quantitative estimate of drug-likeness (QED) is 0.656. The van der Waals surface area contributed by atoms with Crippen LogP contribution in [0.2, 0.25) is 15.1 Å². The number of anilines is 1. The number of aromatic nitrogens is 2. The van der Waals surface area contributed by atoms with E-state index in [0.717, 1.165) is 0 Å². The molecule has 0 aliphatic rings. The minimum atomic E-state index is -0.286. The molecule has 0 spiro atoms. The van der Waals surface area contributed by atoms with Crippen LogP contribution in [0.4, 0.5) is 5.13 Å². The lowest BCUT2D eigenvalue weighted by molar-refractivity contribution is 0.102. The van der Waals surface area contributed by atoms with Gasteiger partial charge in [0, 0.05) is 21.2 Å². The van der Waals surface area contributed by atoms with Crippen LogP contribution >= 0.6 is 46.1 Å². The van der Waals surface area contributed by atoms with Gasteiger partial charge in [0.05, 0.1) is 5.02 Å². The van der Waals surface area contributed by atoms with Crippen molar-refractivity contribution < 1.29 is 4.79 Å². The van der Waals surface area contributed by atoms with Crippen LogP contribution < -0.4 is 5.32 Å². The van der Waals surface area contributed by atoms with Crippen molar-refractivity contribution >= 4 is 57.2 Å². The van der Waals surface area contributed by atoms with Crippen LogP contribution in [0.3, 0.4) is 0 Å². The molecule has 116 valence electrons. The van der Waals surface area contributed by atoms with Crippen LogP contribution in [0.5, 0.6) is 0 Å². The number of benzene rings is 2. The molecule has 0 unspecified atom stereocenters. The van der Waals surface area contributed by atoms with E-state index >= 15 is 0 Å². The summed E-state index contributed by atoms with van der Waals surface area (Å²) < 4.78 is 0. The van der Waals surface area contributed by atoms with E-state index in [1.165, 1.54) is 11.3 Å². The van der Waals surface area contributed by atoms with Crippen molar-refractivity contribution in [3.63, 3.8) is 0 Å². The number of hydrogen-bond acceptors (Lipinski definition) is 4. The number of hydrogen-bond donors (Lipinski definition) is 1. The summed E-state index contributed by atoms with van der Waals surface area (Å²) in [6.45, 7) is 0. The van der Waals surface area contributed by atoms with Crippen molar-refractivity contribution in [2.45, 2.75) is 0 Å². The molecule has 0 atom stereocenters. The van der Waals surface area contributed by atoms with Crippen molar-refractivity contribution in [1.29, 1.82) is 0 Å². The standard InChI is InChI=1S/C15H8Cl3N3OS/c16-9-3-1-8(2-4-9)13(22)19-15-21-20-14(23-15)11-6-5-10(17)7-12(11)18/h1-7H,(H,19,21,22). The third-order valence-electron chi connectivity index (χ3n) is 2.91. The Labute approximate surface area is 151 Å². The molecule has 2 aromatic carbocycles. The van der Waals surface area contributed by atoms with Gasteiger partial charge in [0.25, 0.3) is 5.91 Å². The monoisotopic (exact) mass is 383 g/mol. The molecular formula is C15H8Cl3N3OS. The number of nitrogens with one attached hydrogen (secondary N) is 1. The van der Waals surface area contributed by atoms with Gasteiger partial charge < -0.3 is 0 Å². The first-order valence-electron chi connectivity index (χ1n) is 6.39. The van der Waals surface area contributed by atoms with Gasteiger partial charge in [0.2, 0.25) is 5.13 Å². The summed E-state index contributed by atoms with van der Waals surface area (Å²) in [6.07, 6.45) is 0. The van der Waals surface area contributed by atoms with E-state index in [1.54, 1.807) is 42.5 Å². The smallest absolute Gasteiger partial charge is 0.257 e. The molecule has 8 heteroatoms. The average Bonchev–Trinajstić information content (AvgIpc) is 2.96. The third kappa shape index (κ3) is 3.82. The number of halogens is 3. The van der Waals surface area contributed by atoms with Gasteiger partial charge in [-0.1, -0.05) is 46.1 Å². The highest BCUT2D eigenvalue weighted by molar-refractivity contribution is 7.18. The molecule has 0 saturated carbocycles. The van der Waals surface area contributed by atoms with Crippen molar-refractivity contribution in [2.75, 3.05) is 5.32 Å². The predicted octanol–water partition coefficient (Wildman–Crippen LogP) is 5.42. The van der Waals surface area contributed by atoms with E-state index in [9.17, 15) is 4.79 Å². The SMILES string of the molecule is O=C(Nc1nnc(-c2ccc(Cl)cc2Cl)s1)c1ccc(Cl)cc1. The Kier molecular flexibility index (Phi) is 4.82. The maximum atomic E-state index is 12.1. The molecule has 0 aliphatic carbocycles. The molecule has 1 N–H and O–H groups in total. The fourth-order valence-corrected chi connectivity index (χ4v) is 3.27. The highest BCUT2D eigenvalue weighted by Gasteiger charge is 2.13. The third-order valence-corrected chi connectivity index (χ3v) is 4.59. The fraction of sp³-hybridized carbons (Fsp3) is 0. The second-order valence-electron chi connectivity index (χ2n) is 4.50. The molecule has 1 heterocycles. The summed E-state index contributed by atoms with van der Waals surface area (Å²) in [4.78, 5) is 12.1. The maximum absolute atomic E-state index is 12.1. The summed E-state index contributed by atoms with van der Waals surface area (Å²) in [5.41, 5.74) is 1.19. The zero-order chi connectivity index (χ0) is 16.4. The Morgan fingerprint density at radius 2 is 1.65 bits per heavy atom. The molecule has 0 bridgehead atoms. The van der Waals surface area contributed by atoms with Crippen LogP contribution in [0, 0.1) is 0 Å². The number of carbonyl (C=O) groups is 1. The Balaban J connectivity index is 1.79. The van der Waals surface area contributed by atoms with Gasteiger partial charge in [0.15, 0.2) is 5.01 Å². The Morgan fingerprint density at radius 3 is 2.35 bits per heavy atom. The predicted molar refractivity (Wildman–Crippen MR) is 94.8 cm³/mol. The minimum Gasteiger partial charge on any atom is -0.296 e. The molecular weight excluding hydrogens is 377 g/mol. The lowest BCUT2D eigenvalue weighted by Crippen LogP contribution is -2.11. The summed E-state index contributed by atoms with van der Waals surface area (Å²) >= 11 is 19.0. The minimum absolute atomic E-state index is 0.286. The van der Waals surface area contributed by atoms with E-state index in [1.807, 2.05) is 0 Å². The fourth-order valence-electron chi connectivity index (χ4n) is 1.82. The number of rotatable bonds is 3. The van der Waals surface area contributed by atoms with Crippen LogP contribution in [-0.2, 0) is 0 Å². The van der Waals surface area contributed by atoms with Crippen LogP contribution in [0.1, 0.15) is 10.4 Å². The van der Waals surface area contributed by atoms with Crippen LogP contribution in [0.15, 0.2) is 42.5 Å². The van der Waals surface area contributed by atoms with Gasteiger partial charge in [-0.05, 0) is 42.5 Å². The first-order chi connectivity index (χ1) is 11.0. The van der Waals surface area contributed by atoms with E-state index in [4.69, 9.17) is 34.8 Å². The van der Waals surface area contributed by atoms with E-state index < -0.39 is 0 Å². The molecule has 1 amide bonds. The van der Waals surface area contributed by atoms with Crippen molar-refractivity contribution in [1.82, 2.24) is 10.2 Å². The summed E-state index contributed by atoms with van der Waals surface area (Å²) in [5.74, 6) is -0.286. The summed E-state index contributed by atoms with van der Waals surface area (Å²) in [6, 6.07) is 11.7. The lowest BCUT2D eigenvalue weighted by atomic mass is 10.2. The van der Waals surface area contributed by atoms with E-state index in [2.05, 4.69) is 15.5 Å². The van der Waals surface area contributed by atoms with E-state index in [0.29, 0.717) is 36.3 Å². The van der Waals surface area contributed by atoms with Crippen molar-refractivity contribution in [2.24, 2.45) is 0 Å².